The van der Waals surface area contributed by atoms with Crippen molar-refractivity contribution in [2.75, 3.05) is 11.6 Å². The number of aryl methyl sites for hydroxylation is 1. The van der Waals surface area contributed by atoms with Gasteiger partial charge in [0.15, 0.2) is 0 Å². The molecule has 1 amide bonds. The Balaban J connectivity index is 1.93. The molecule has 0 unspecified atom stereocenters. The highest BCUT2D eigenvalue weighted by Gasteiger charge is 2.30. The van der Waals surface area contributed by atoms with Crippen molar-refractivity contribution >= 4 is 22.4 Å². The van der Waals surface area contributed by atoms with Crippen LogP contribution in [0.2, 0.25) is 0 Å². The summed E-state index contributed by atoms with van der Waals surface area (Å²) in [7, 11) is -1.32. The maximum atomic E-state index is 12.6. The Morgan fingerprint density at radius 2 is 2.13 bits per heavy atom. The molecule has 0 spiro atoms. The van der Waals surface area contributed by atoms with Crippen molar-refractivity contribution in [3.8, 4) is 0 Å². The van der Waals surface area contributed by atoms with Crippen LogP contribution in [0.4, 0.5) is 18.9 Å². The normalized spacial score (nSPS) is 12.9. The number of rotatable bonds is 5. The number of aromatic nitrogens is 3. The molecule has 2 aromatic rings. The van der Waals surface area contributed by atoms with Crippen LogP contribution in [0.15, 0.2) is 35.7 Å². The Kier molecular flexibility index (Phi) is 5.14. The predicted octanol–water partition coefficient (Wildman–Crippen LogP) is 2.06. The van der Waals surface area contributed by atoms with E-state index in [0.717, 1.165) is 12.1 Å². The van der Waals surface area contributed by atoms with Crippen LogP contribution < -0.4 is 5.32 Å². The third kappa shape index (κ3) is 4.88. The van der Waals surface area contributed by atoms with Gasteiger partial charge in [0.2, 0.25) is 11.1 Å². The Hall–Kier alpha value is -2.23. The molecule has 0 radical (unpaired) electrons. The maximum Gasteiger partial charge on any atom is 0.416 e. The molecule has 0 aliphatic carbocycles. The Labute approximate surface area is 132 Å². The van der Waals surface area contributed by atoms with Gasteiger partial charge in [-0.2, -0.15) is 13.2 Å². The second-order valence-electron chi connectivity index (χ2n) is 4.62. The summed E-state index contributed by atoms with van der Waals surface area (Å²) in [6.45, 7) is 0.176. The summed E-state index contributed by atoms with van der Waals surface area (Å²) in [5.41, 5.74) is -0.764. The molecule has 6 nitrogen and oxygen atoms in total. The molecule has 0 fully saturated rings. The lowest BCUT2D eigenvalue weighted by Crippen LogP contribution is -2.15. The quantitative estimate of drug-likeness (QED) is 0.899. The van der Waals surface area contributed by atoms with Crippen molar-refractivity contribution in [2.45, 2.75) is 24.3 Å². The molecular weight excluding hydrogens is 333 g/mol. The molecule has 1 heterocycles. The van der Waals surface area contributed by atoms with Crippen LogP contribution in [0.25, 0.3) is 0 Å². The van der Waals surface area contributed by atoms with E-state index < -0.39 is 28.4 Å². The number of anilines is 1. The highest BCUT2D eigenvalue weighted by molar-refractivity contribution is 7.84. The van der Waals surface area contributed by atoms with Crippen LogP contribution in [0.3, 0.4) is 0 Å². The zero-order valence-corrected chi connectivity index (χ0v) is 12.8. The molecular formula is C13H13F3N4O2S. The average Bonchev–Trinajstić information content (AvgIpc) is 2.94. The van der Waals surface area contributed by atoms with Crippen LogP contribution >= 0.6 is 0 Å². The Morgan fingerprint density at radius 3 is 2.74 bits per heavy atom. The maximum absolute atomic E-state index is 12.6. The zero-order valence-electron chi connectivity index (χ0n) is 12.0. The van der Waals surface area contributed by atoms with E-state index >= 15 is 0 Å². The van der Waals surface area contributed by atoms with E-state index in [-0.39, 0.29) is 23.8 Å². The molecule has 0 saturated carbocycles. The number of nitrogens with one attached hydrogen (secondary N) is 1. The van der Waals surface area contributed by atoms with Gasteiger partial charge in [-0.15, -0.1) is 5.10 Å². The molecule has 0 aliphatic rings. The van der Waals surface area contributed by atoms with Gasteiger partial charge in [0.1, 0.15) is 6.33 Å². The van der Waals surface area contributed by atoms with E-state index in [2.05, 4.69) is 15.4 Å². The number of carbonyl (C=O) groups is 1. The van der Waals surface area contributed by atoms with Gasteiger partial charge in [0, 0.05) is 18.4 Å². The number of halogens is 3. The number of hydrogen-bond donors (Lipinski definition) is 1. The monoisotopic (exact) mass is 346 g/mol. The smallest absolute Gasteiger partial charge is 0.326 e. The number of nitrogens with zero attached hydrogens (tertiary/aromatic N) is 3. The highest BCUT2D eigenvalue weighted by Crippen LogP contribution is 2.30. The lowest BCUT2D eigenvalue weighted by Gasteiger charge is -2.09. The first kappa shape index (κ1) is 17.1. The van der Waals surface area contributed by atoms with Crippen molar-refractivity contribution < 1.29 is 22.2 Å². The lowest BCUT2D eigenvalue weighted by molar-refractivity contribution is -0.137. The van der Waals surface area contributed by atoms with Gasteiger partial charge in [-0.3, -0.25) is 13.7 Å². The minimum absolute atomic E-state index is 0.00457. The minimum atomic E-state index is -4.46. The first-order valence-electron chi connectivity index (χ1n) is 6.45. The fraction of sp³-hybridized carbons (Fsp3) is 0.308. The largest absolute Gasteiger partial charge is 0.416 e. The Bertz CT molecular complexity index is 730. The third-order valence-electron chi connectivity index (χ3n) is 2.81. The minimum Gasteiger partial charge on any atom is -0.326 e. The van der Waals surface area contributed by atoms with E-state index in [9.17, 15) is 22.2 Å². The van der Waals surface area contributed by atoms with Crippen LogP contribution in [0.1, 0.15) is 12.0 Å². The number of benzene rings is 1. The van der Waals surface area contributed by atoms with Gasteiger partial charge < -0.3 is 5.32 Å². The van der Waals surface area contributed by atoms with E-state index in [4.69, 9.17) is 0 Å². The second kappa shape index (κ2) is 6.90. The van der Waals surface area contributed by atoms with Crippen LogP contribution in [0, 0.1) is 0 Å². The van der Waals surface area contributed by atoms with Gasteiger partial charge >= 0.3 is 6.18 Å². The summed E-state index contributed by atoms with van der Waals surface area (Å²) in [5.74, 6) is -0.459. The molecule has 0 saturated heterocycles. The molecule has 1 aromatic carbocycles. The van der Waals surface area contributed by atoms with Gasteiger partial charge in [0.25, 0.3) is 0 Å². The van der Waals surface area contributed by atoms with Crippen LogP contribution in [0.5, 0.6) is 0 Å². The molecule has 10 heteroatoms. The number of amides is 1. The van der Waals surface area contributed by atoms with Crippen molar-refractivity contribution in [2.24, 2.45) is 0 Å². The first-order valence-corrected chi connectivity index (χ1v) is 8.01. The lowest BCUT2D eigenvalue weighted by atomic mass is 10.2. The van der Waals surface area contributed by atoms with Crippen LogP contribution in [-0.2, 0) is 28.3 Å². The summed E-state index contributed by atoms with van der Waals surface area (Å²) in [5, 5.41) is 6.46. The molecule has 2 rings (SSSR count). The SMILES string of the molecule is C[S@@](=O)c1ncn(CCC(=O)Nc2cccc(C(F)(F)F)c2)n1. The standard InChI is InChI=1S/C13H13F3N4O2S/c1-23(22)12-17-8-20(19-12)6-5-11(21)18-10-4-2-3-9(7-10)13(14,15)16/h2-4,7-8H,5-6H2,1H3,(H,18,21)/t23-/m1/s1. The van der Waals surface area contributed by atoms with Gasteiger partial charge in [-0.1, -0.05) is 6.07 Å². The molecule has 1 N–H and O–H groups in total. The molecule has 23 heavy (non-hydrogen) atoms. The van der Waals surface area contributed by atoms with Gasteiger partial charge in [0.05, 0.1) is 22.9 Å². The molecule has 0 bridgehead atoms. The van der Waals surface area contributed by atoms with Crippen molar-refractivity contribution in [3.05, 3.63) is 36.2 Å². The summed E-state index contributed by atoms with van der Waals surface area (Å²) < 4.78 is 50.3. The third-order valence-corrected chi connectivity index (χ3v) is 3.52. The molecule has 1 aromatic heterocycles. The summed E-state index contributed by atoms with van der Waals surface area (Å²) in [6, 6.07) is 4.39. The molecule has 124 valence electrons. The first-order chi connectivity index (χ1) is 10.8. The van der Waals surface area contributed by atoms with Crippen molar-refractivity contribution in [1.29, 1.82) is 0 Å². The molecule has 1 atom stereocenters. The van der Waals surface area contributed by atoms with Gasteiger partial charge in [-0.05, 0) is 18.2 Å². The van der Waals surface area contributed by atoms with E-state index in [0.29, 0.717) is 0 Å². The fourth-order valence-electron chi connectivity index (χ4n) is 1.73. The van der Waals surface area contributed by atoms with E-state index in [1.165, 1.54) is 29.4 Å². The average molecular weight is 346 g/mol. The topological polar surface area (TPSA) is 76.9 Å². The predicted molar refractivity (Wildman–Crippen MR) is 77.0 cm³/mol. The van der Waals surface area contributed by atoms with E-state index in [1.807, 2.05) is 0 Å². The fourth-order valence-corrected chi connectivity index (χ4v) is 2.15. The number of hydrogen-bond acceptors (Lipinski definition) is 4. The number of carbonyl (C=O) groups excluding carboxylic acids is 1. The highest BCUT2D eigenvalue weighted by atomic mass is 32.2. The summed E-state index contributed by atoms with van der Waals surface area (Å²) in [6.07, 6.45) is -1.70. The second-order valence-corrected chi connectivity index (χ2v) is 5.89. The summed E-state index contributed by atoms with van der Waals surface area (Å²) in [4.78, 5) is 15.6. The van der Waals surface area contributed by atoms with Crippen molar-refractivity contribution in [3.63, 3.8) is 0 Å². The van der Waals surface area contributed by atoms with Gasteiger partial charge in [-0.25, -0.2) is 4.98 Å². The van der Waals surface area contributed by atoms with Crippen molar-refractivity contribution in [1.82, 2.24) is 14.8 Å². The van der Waals surface area contributed by atoms with Crippen LogP contribution in [-0.4, -0.2) is 31.1 Å². The zero-order chi connectivity index (χ0) is 17.0. The molecule has 0 aliphatic heterocycles. The summed E-state index contributed by atoms with van der Waals surface area (Å²) >= 11 is 0. The number of alkyl halides is 3. The van der Waals surface area contributed by atoms with E-state index in [1.54, 1.807) is 0 Å². The Morgan fingerprint density at radius 1 is 1.39 bits per heavy atom.